The van der Waals surface area contributed by atoms with Crippen molar-refractivity contribution >= 4 is 21.7 Å². The van der Waals surface area contributed by atoms with E-state index in [4.69, 9.17) is 0 Å². The van der Waals surface area contributed by atoms with Gasteiger partial charge in [0.25, 0.3) is 0 Å². The molecule has 0 N–H and O–H groups in total. The predicted octanol–water partition coefficient (Wildman–Crippen LogP) is 4.15. The molecule has 0 radical (unpaired) electrons. The van der Waals surface area contributed by atoms with Crippen LogP contribution >= 0.6 is 15.9 Å². The molecule has 0 spiro atoms. The minimum atomic E-state index is -0.934. The first kappa shape index (κ1) is 12.9. The van der Waals surface area contributed by atoms with E-state index in [-0.39, 0.29) is 12.2 Å². The maximum atomic E-state index is 13.0. The van der Waals surface area contributed by atoms with Crippen LogP contribution in [0.4, 0.5) is 8.78 Å². The Bertz CT molecular complexity index is 579. The van der Waals surface area contributed by atoms with Crippen molar-refractivity contribution in [3.05, 3.63) is 69.7 Å². The summed E-state index contributed by atoms with van der Waals surface area (Å²) in [6.07, 6.45) is 0.0544. The van der Waals surface area contributed by atoms with Crippen molar-refractivity contribution in [2.24, 2.45) is 0 Å². The van der Waals surface area contributed by atoms with E-state index in [1.807, 2.05) is 0 Å². The monoisotopic (exact) mass is 310 g/mol. The van der Waals surface area contributed by atoms with Gasteiger partial charge in [-0.1, -0.05) is 34.1 Å². The summed E-state index contributed by atoms with van der Waals surface area (Å²) in [6.45, 7) is 0. The number of hydrogen-bond acceptors (Lipinski definition) is 1. The maximum Gasteiger partial charge on any atom is 0.167 e. The quantitative estimate of drug-likeness (QED) is 0.778. The summed E-state index contributed by atoms with van der Waals surface area (Å²) in [4.78, 5) is 11.9. The third kappa shape index (κ3) is 3.01. The Labute approximate surface area is 112 Å². The maximum absolute atomic E-state index is 13.0. The van der Waals surface area contributed by atoms with Crippen molar-refractivity contribution in [3.63, 3.8) is 0 Å². The summed E-state index contributed by atoms with van der Waals surface area (Å²) >= 11 is 3.28. The molecule has 0 heterocycles. The van der Waals surface area contributed by atoms with E-state index in [0.29, 0.717) is 11.1 Å². The van der Waals surface area contributed by atoms with Crippen molar-refractivity contribution in [2.75, 3.05) is 0 Å². The third-order valence-corrected chi connectivity index (χ3v) is 3.04. The molecule has 0 aromatic heterocycles. The van der Waals surface area contributed by atoms with E-state index in [0.717, 1.165) is 16.6 Å². The molecule has 2 rings (SSSR count). The van der Waals surface area contributed by atoms with Crippen molar-refractivity contribution < 1.29 is 13.6 Å². The highest BCUT2D eigenvalue weighted by atomic mass is 79.9. The van der Waals surface area contributed by atoms with E-state index in [9.17, 15) is 13.6 Å². The number of benzene rings is 2. The average Bonchev–Trinajstić information content (AvgIpc) is 2.34. The molecule has 0 fully saturated rings. The Kier molecular flexibility index (Phi) is 3.87. The summed E-state index contributed by atoms with van der Waals surface area (Å²) < 4.78 is 26.6. The Morgan fingerprint density at radius 1 is 1.00 bits per heavy atom. The summed E-state index contributed by atoms with van der Waals surface area (Å²) in [6, 6.07) is 10.4. The first-order valence-corrected chi connectivity index (χ1v) is 6.08. The zero-order chi connectivity index (χ0) is 13.1. The van der Waals surface area contributed by atoms with Crippen LogP contribution < -0.4 is 0 Å². The highest BCUT2D eigenvalue weighted by Crippen LogP contribution is 2.14. The lowest BCUT2D eigenvalue weighted by molar-refractivity contribution is 0.0993. The lowest BCUT2D eigenvalue weighted by Crippen LogP contribution is -2.04. The van der Waals surface area contributed by atoms with Crippen LogP contribution in [-0.2, 0) is 6.42 Å². The standard InChI is InChI=1S/C14H9BrF2O/c15-11-4-2-10(3-5-11)14(18)8-9-1-6-12(16)13(17)7-9/h1-7H,8H2. The molecule has 0 aliphatic heterocycles. The lowest BCUT2D eigenvalue weighted by atomic mass is 10.0. The number of carbonyl (C=O) groups is 1. The molecule has 0 aliphatic rings. The topological polar surface area (TPSA) is 17.1 Å². The number of carbonyl (C=O) groups excluding carboxylic acids is 1. The highest BCUT2D eigenvalue weighted by molar-refractivity contribution is 9.10. The van der Waals surface area contributed by atoms with E-state index < -0.39 is 11.6 Å². The first-order valence-electron chi connectivity index (χ1n) is 5.29. The Morgan fingerprint density at radius 2 is 1.67 bits per heavy atom. The Morgan fingerprint density at radius 3 is 2.28 bits per heavy atom. The van der Waals surface area contributed by atoms with Crippen LogP contribution in [0.1, 0.15) is 15.9 Å². The molecule has 0 saturated carbocycles. The summed E-state index contributed by atoms with van der Waals surface area (Å²) in [5.41, 5.74) is 1.00. The Hall–Kier alpha value is -1.55. The van der Waals surface area contributed by atoms with E-state index in [1.165, 1.54) is 6.07 Å². The highest BCUT2D eigenvalue weighted by Gasteiger charge is 2.09. The molecule has 0 aliphatic carbocycles. The van der Waals surface area contributed by atoms with Crippen LogP contribution in [-0.4, -0.2) is 5.78 Å². The van der Waals surface area contributed by atoms with Crippen molar-refractivity contribution in [2.45, 2.75) is 6.42 Å². The number of Topliss-reactive ketones (excluding diaryl/α,β-unsaturated/α-hetero) is 1. The molecular formula is C14H9BrF2O. The zero-order valence-electron chi connectivity index (χ0n) is 9.29. The van der Waals surface area contributed by atoms with Gasteiger partial charge in [0.1, 0.15) is 0 Å². The van der Waals surface area contributed by atoms with Gasteiger partial charge >= 0.3 is 0 Å². The second kappa shape index (κ2) is 5.40. The summed E-state index contributed by atoms with van der Waals surface area (Å²) in [5.74, 6) is -1.97. The van der Waals surface area contributed by atoms with Gasteiger partial charge < -0.3 is 0 Å². The average molecular weight is 311 g/mol. The fourth-order valence-electron chi connectivity index (χ4n) is 1.57. The smallest absolute Gasteiger partial charge is 0.167 e. The third-order valence-electron chi connectivity index (χ3n) is 2.51. The van der Waals surface area contributed by atoms with Crippen LogP contribution in [0.15, 0.2) is 46.9 Å². The van der Waals surface area contributed by atoms with E-state index in [1.54, 1.807) is 24.3 Å². The Balaban J connectivity index is 2.16. The number of hydrogen-bond donors (Lipinski definition) is 0. The van der Waals surface area contributed by atoms with Gasteiger partial charge in [-0.15, -0.1) is 0 Å². The molecule has 18 heavy (non-hydrogen) atoms. The molecule has 0 atom stereocenters. The summed E-state index contributed by atoms with van der Waals surface area (Å²) in [7, 11) is 0. The molecule has 1 nitrogen and oxygen atoms in total. The molecule has 0 amide bonds. The van der Waals surface area contributed by atoms with Crippen LogP contribution in [0.25, 0.3) is 0 Å². The molecule has 4 heteroatoms. The van der Waals surface area contributed by atoms with Crippen LogP contribution in [0.2, 0.25) is 0 Å². The van der Waals surface area contributed by atoms with Crippen molar-refractivity contribution in [3.8, 4) is 0 Å². The SMILES string of the molecule is O=C(Cc1ccc(F)c(F)c1)c1ccc(Br)cc1. The normalized spacial score (nSPS) is 10.4. The molecule has 0 unspecified atom stereocenters. The molecule has 0 saturated heterocycles. The van der Waals surface area contributed by atoms with Gasteiger partial charge in [-0.3, -0.25) is 4.79 Å². The second-order valence-electron chi connectivity index (χ2n) is 3.86. The molecule has 2 aromatic carbocycles. The fraction of sp³-hybridized carbons (Fsp3) is 0.0714. The second-order valence-corrected chi connectivity index (χ2v) is 4.77. The molecular weight excluding hydrogens is 302 g/mol. The lowest BCUT2D eigenvalue weighted by Gasteiger charge is -2.02. The van der Waals surface area contributed by atoms with Gasteiger partial charge in [0, 0.05) is 16.5 Å². The minimum Gasteiger partial charge on any atom is -0.294 e. The van der Waals surface area contributed by atoms with Gasteiger partial charge in [0.2, 0.25) is 0 Å². The number of ketones is 1. The fourth-order valence-corrected chi connectivity index (χ4v) is 1.84. The van der Waals surface area contributed by atoms with Gasteiger partial charge in [-0.05, 0) is 29.8 Å². The zero-order valence-corrected chi connectivity index (χ0v) is 10.9. The van der Waals surface area contributed by atoms with E-state index >= 15 is 0 Å². The largest absolute Gasteiger partial charge is 0.294 e. The van der Waals surface area contributed by atoms with Gasteiger partial charge in [-0.25, -0.2) is 8.78 Å². The number of halogens is 3. The summed E-state index contributed by atoms with van der Waals surface area (Å²) in [5, 5.41) is 0. The van der Waals surface area contributed by atoms with Crippen molar-refractivity contribution in [1.29, 1.82) is 0 Å². The number of rotatable bonds is 3. The van der Waals surface area contributed by atoms with Gasteiger partial charge in [-0.2, -0.15) is 0 Å². The van der Waals surface area contributed by atoms with Gasteiger partial charge in [0.15, 0.2) is 17.4 Å². The van der Waals surface area contributed by atoms with Crippen molar-refractivity contribution in [1.82, 2.24) is 0 Å². The van der Waals surface area contributed by atoms with Crippen LogP contribution in [0, 0.1) is 11.6 Å². The van der Waals surface area contributed by atoms with Gasteiger partial charge in [0.05, 0.1) is 0 Å². The van der Waals surface area contributed by atoms with Crippen LogP contribution in [0.3, 0.4) is 0 Å². The molecule has 92 valence electrons. The minimum absolute atomic E-state index is 0.0544. The predicted molar refractivity (Wildman–Crippen MR) is 68.5 cm³/mol. The van der Waals surface area contributed by atoms with Crippen LogP contribution in [0.5, 0.6) is 0 Å². The molecule has 2 aromatic rings. The first-order chi connectivity index (χ1) is 8.56. The molecule has 0 bridgehead atoms. The van der Waals surface area contributed by atoms with E-state index in [2.05, 4.69) is 15.9 Å².